The number of aliphatic hydroxyl groups is 1. The fourth-order valence-corrected chi connectivity index (χ4v) is 2.80. The number of rotatable bonds is 9. The predicted octanol–water partition coefficient (Wildman–Crippen LogP) is 2.53. The van der Waals surface area contributed by atoms with Crippen LogP contribution in [0.5, 0.6) is 0 Å². The highest BCUT2D eigenvalue weighted by Crippen LogP contribution is 2.11. The SMILES string of the molecule is C.C.CC.CC.CNC(=O)[C@@H](N)CCOC(=O)[C@H](Cc1ccccc1)NC.CNC(=O)[C@@H]1CCOC1.CO. The number of carbonyl (C=O) groups is 3. The van der Waals surface area contributed by atoms with Crippen LogP contribution in [0, 0.1) is 5.92 Å². The van der Waals surface area contributed by atoms with Gasteiger partial charge in [-0.15, -0.1) is 0 Å². The lowest BCUT2D eigenvalue weighted by Gasteiger charge is -2.16. The van der Waals surface area contributed by atoms with Crippen LogP contribution < -0.4 is 21.7 Å². The zero-order chi connectivity index (χ0) is 28.4. The molecule has 2 amide bonds. The van der Waals surface area contributed by atoms with Crippen molar-refractivity contribution in [1.82, 2.24) is 16.0 Å². The van der Waals surface area contributed by atoms with Crippen molar-refractivity contribution in [2.24, 2.45) is 11.7 Å². The van der Waals surface area contributed by atoms with Crippen molar-refractivity contribution in [3.8, 4) is 0 Å². The van der Waals surface area contributed by atoms with Gasteiger partial charge in [0.2, 0.25) is 11.8 Å². The standard InChI is InChI=1S/C15H23N3O3.C6H11NO2.2C2H6.CH4O.2CH4/c1-17-13(10-11-6-4-3-5-7-11)15(20)21-9-8-12(16)14(19)18-2;1-7-6(8)5-2-3-9-4-5;3*1-2;;/h3-7,12-13,17H,8-10,16H2,1-2H3,(H,18,19);5H,2-4H2,1H3,(H,7,8);2*1-2H3;2H,1H3;2*1H4/t12-,13-;5-;;;;;/m01...../s1. The molecular formula is C28H58N4O6. The third-order valence-electron chi connectivity index (χ3n) is 4.72. The summed E-state index contributed by atoms with van der Waals surface area (Å²) in [7, 11) is 5.89. The number of benzene rings is 1. The van der Waals surface area contributed by atoms with Gasteiger partial charge in [-0.1, -0.05) is 72.9 Å². The Kier molecular flexibility index (Phi) is 38.8. The molecule has 2 rings (SSSR count). The van der Waals surface area contributed by atoms with Crippen LogP contribution in [-0.4, -0.2) is 83.0 Å². The molecule has 0 radical (unpaired) electrons. The van der Waals surface area contributed by atoms with Gasteiger partial charge in [0.25, 0.3) is 0 Å². The van der Waals surface area contributed by atoms with Gasteiger partial charge in [-0.25, -0.2) is 0 Å². The molecule has 0 spiro atoms. The molecule has 1 aromatic carbocycles. The van der Waals surface area contributed by atoms with E-state index in [1.54, 1.807) is 14.1 Å². The lowest BCUT2D eigenvalue weighted by molar-refractivity contribution is -0.146. The normalized spacial score (nSPS) is 14.0. The van der Waals surface area contributed by atoms with Crippen molar-refractivity contribution >= 4 is 17.8 Å². The fraction of sp³-hybridized carbons (Fsp3) is 0.679. The van der Waals surface area contributed by atoms with Crippen molar-refractivity contribution in [3.63, 3.8) is 0 Å². The second kappa shape index (κ2) is 32.5. The first-order valence-corrected chi connectivity index (χ1v) is 12.5. The lowest BCUT2D eigenvalue weighted by Crippen LogP contribution is -2.41. The molecule has 0 aliphatic carbocycles. The summed E-state index contributed by atoms with van der Waals surface area (Å²) >= 11 is 0. The third kappa shape index (κ3) is 21.5. The number of amides is 2. The summed E-state index contributed by atoms with van der Waals surface area (Å²) in [5.41, 5.74) is 6.68. The third-order valence-corrected chi connectivity index (χ3v) is 4.72. The molecule has 6 N–H and O–H groups in total. The Morgan fingerprint density at radius 1 is 1.03 bits per heavy atom. The van der Waals surface area contributed by atoms with Crippen LogP contribution in [0.1, 0.15) is 61.0 Å². The monoisotopic (exact) mass is 546 g/mol. The number of hydrogen-bond donors (Lipinski definition) is 5. The molecule has 0 unspecified atom stereocenters. The van der Waals surface area contributed by atoms with Crippen LogP contribution in [0.25, 0.3) is 0 Å². The van der Waals surface area contributed by atoms with Crippen molar-refractivity contribution in [2.75, 3.05) is 48.1 Å². The molecule has 38 heavy (non-hydrogen) atoms. The topological polar surface area (TPSA) is 152 Å². The Hall–Kier alpha value is -2.53. The van der Waals surface area contributed by atoms with Gasteiger partial charge >= 0.3 is 5.97 Å². The first kappa shape index (κ1) is 45.4. The molecule has 10 heteroatoms. The molecule has 1 aromatic rings. The van der Waals surface area contributed by atoms with E-state index in [4.69, 9.17) is 20.3 Å². The van der Waals surface area contributed by atoms with Gasteiger partial charge in [-0.3, -0.25) is 14.4 Å². The quantitative estimate of drug-likeness (QED) is 0.296. The molecule has 1 aliphatic rings. The van der Waals surface area contributed by atoms with Gasteiger partial charge in [0.05, 0.1) is 25.2 Å². The minimum Gasteiger partial charge on any atom is -0.464 e. The molecule has 1 saturated heterocycles. The highest BCUT2D eigenvalue weighted by molar-refractivity contribution is 5.81. The molecule has 1 aliphatic heterocycles. The summed E-state index contributed by atoms with van der Waals surface area (Å²) in [4.78, 5) is 34.0. The van der Waals surface area contributed by atoms with Crippen LogP contribution >= 0.6 is 0 Å². The Balaban J connectivity index is -0.000000179. The van der Waals surface area contributed by atoms with Crippen LogP contribution in [0.15, 0.2) is 30.3 Å². The molecule has 10 nitrogen and oxygen atoms in total. The molecule has 0 aromatic heterocycles. The van der Waals surface area contributed by atoms with E-state index in [1.165, 1.54) is 7.05 Å². The summed E-state index contributed by atoms with van der Waals surface area (Å²) in [6.07, 6.45) is 1.73. The van der Waals surface area contributed by atoms with E-state index in [0.29, 0.717) is 19.4 Å². The molecule has 226 valence electrons. The highest BCUT2D eigenvalue weighted by atomic mass is 16.5. The van der Waals surface area contributed by atoms with E-state index < -0.39 is 12.1 Å². The van der Waals surface area contributed by atoms with Gasteiger partial charge in [0.1, 0.15) is 6.04 Å². The maximum atomic E-state index is 12.0. The van der Waals surface area contributed by atoms with Gasteiger partial charge in [0.15, 0.2) is 0 Å². The van der Waals surface area contributed by atoms with Gasteiger partial charge in [0, 0.05) is 34.2 Å². The van der Waals surface area contributed by atoms with Crippen molar-refractivity contribution < 1.29 is 29.0 Å². The minimum atomic E-state index is -0.662. The maximum Gasteiger partial charge on any atom is 0.323 e. The zero-order valence-electron chi connectivity index (χ0n) is 23.4. The van der Waals surface area contributed by atoms with E-state index in [2.05, 4.69) is 16.0 Å². The second-order valence-corrected chi connectivity index (χ2v) is 6.88. The molecule has 0 bridgehead atoms. The average Bonchev–Trinajstić information content (AvgIpc) is 3.50. The summed E-state index contributed by atoms with van der Waals surface area (Å²) in [5, 5.41) is 15.0. The number of carbonyl (C=O) groups excluding carboxylic acids is 3. The Morgan fingerprint density at radius 2 is 1.58 bits per heavy atom. The average molecular weight is 547 g/mol. The number of nitrogens with two attached hydrogens (primary N) is 1. The number of ether oxygens (including phenoxy) is 2. The van der Waals surface area contributed by atoms with Crippen molar-refractivity contribution in [1.29, 1.82) is 0 Å². The summed E-state index contributed by atoms with van der Waals surface area (Å²) in [5.74, 6) is -0.395. The number of esters is 1. The van der Waals surface area contributed by atoms with Gasteiger partial charge < -0.3 is 36.3 Å². The molecule has 1 heterocycles. The van der Waals surface area contributed by atoms with E-state index in [0.717, 1.165) is 25.7 Å². The van der Waals surface area contributed by atoms with E-state index >= 15 is 0 Å². The van der Waals surface area contributed by atoms with Crippen LogP contribution in [0.3, 0.4) is 0 Å². The number of aliphatic hydroxyl groups excluding tert-OH is 1. The van der Waals surface area contributed by atoms with Gasteiger partial charge in [-0.05, 0) is 25.5 Å². The van der Waals surface area contributed by atoms with Crippen LogP contribution in [0.2, 0.25) is 0 Å². The molecule has 0 saturated carbocycles. The van der Waals surface area contributed by atoms with Gasteiger partial charge in [-0.2, -0.15) is 0 Å². The zero-order valence-corrected chi connectivity index (χ0v) is 23.4. The number of likely N-dealkylation sites (N-methyl/N-ethyl adjacent to an activating group) is 2. The second-order valence-electron chi connectivity index (χ2n) is 6.88. The fourth-order valence-electron chi connectivity index (χ4n) is 2.80. The summed E-state index contributed by atoms with van der Waals surface area (Å²) in [6, 6.07) is 8.62. The predicted molar refractivity (Wildman–Crippen MR) is 158 cm³/mol. The lowest BCUT2D eigenvalue weighted by atomic mass is 10.1. The van der Waals surface area contributed by atoms with E-state index in [9.17, 15) is 14.4 Å². The summed E-state index contributed by atoms with van der Waals surface area (Å²) in [6.45, 7) is 9.46. The van der Waals surface area contributed by atoms with Crippen LogP contribution in [-0.2, 0) is 30.3 Å². The largest absolute Gasteiger partial charge is 0.464 e. The maximum absolute atomic E-state index is 12.0. The molecule has 3 atom stereocenters. The minimum absolute atomic E-state index is 0. The Morgan fingerprint density at radius 3 is 2.00 bits per heavy atom. The Labute approximate surface area is 232 Å². The van der Waals surface area contributed by atoms with Crippen LogP contribution in [0.4, 0.5) is 0 Å². The number of hydrogen-bond acceptors (Lipinski definition) is 8. The van der Waals surface area contributed by atoms with E-state index in [-0.39, 0.29) is 45.2 Å². The molecule has 1 fully saturated rings. The molecular weight excluding hydrogens is 488 g/mol. The van der Waals surface area contributed by atoms with Crippen molar-refractivity contribution in [2.45, 2.75) is 73.9 Å². The first-order valence-electron chi connectivity index (χ1n) is 12.5. The van der Waals surface area contributed by atoms with Crippen molar-refractivity contribution in [3.05, 3.63) is 35.9 Å². The Bertz CT molecular complexity index is 656. The number of nitrogens with one attached hydrogen (secondary N) is 3. The van der Waals surface area contributed by atoms with E-state index in [1.807, 2.05) is 58.0 Å². The summed E-state index contributed by atoms with van der Waals surface area (Å²) < 4.78 is 10.2. The smallest absolute Gasteiger partial charge is 0.323 e. The highest BCUT2D eigenvalue weighted by Gasteiger charge is 2.22. The first-order chi connectivity index (χ1) is 17.4.